The molecule has 1 N–H and O–H groups in total. The molecule has 1 aromatic heterocycles. The standard InChI is InChI=1S/C15H20BrN3O/c1-4-7-17-11(2)12-5-6-15(14(16)8-12)20-13-9-18-19(3)10-13/h5-6,8-11,17H,4,7H2,1-3H3. The number of ether oxygens (including phenoxy) is 1. The van der Waals surface area contributed by atoms with E-state index in [9.17, 15) is 0 Å². The average Bonchev–Trinajstić information content (AvgIpc) is 2.83. The number of halogens is 1. The number of benzene rings is 1. The third-order valence-corrected chi connectivity index (χ3v) is 3.69. The number of aryl methyl sites for hydroxylation is 1. The first kappa shape index (κ1) is 15.1. The van der Waals surface area contributed by atoms with Crippen molar-refractivity contribution in [3.05, 3.63) is 40.6 Å². The third-order valence-electron chi connectivity index (χ3n) is 3.07. The van der Waals surface area contributed by atoms with E-state index in [4.69, 9.17) is 4.74 Å². The lowest BCUT2D eigenvalue weighted by atomic mass is 10.1. The van der Waals surface area contributed by atoms with Crippen LogP contribution in [0, 0.1) is 0 Å². The summed E-state index contributed by atoms with van der Waals surface area (Å²) in [5, 5.41) is 7.56. The Morgan fingerprint density at radius 2 is 2.25 bits per heavy atom. The second-order valence-electron chi connectivity index (χ2n) is 4.82. The Morgan fingerprint density at radius 1 is 1.45 bits per heavy atom. The molecule has 108 valence electrons. The van der Waals surface area contributed by atoms with Crippen LogP contribution < -0.4 is 10.1 Å². The molecule has 0 radical (unpaired) electrons. The quantitative estimate of drug-likeness (QED) is 0.864. The van der Waals surface area contributed by atoms with Gasteiger partial charge in [0.25, 0.3) is 0 Å². The lowest BCUT2D eigenvalue weighted by Gasteiger charge is -2.15. The molecule has 1 unspecified atom stereocenters. The van der Waals surface area contributed by atoms with Crippen LogP contribution in [0.1, 0.15) is 31.9 Å². The van der Waals surface area contributed by atoms with Crippen LogP contribution in [0.3, 0.4) is 0 Å². The number of aromatic nitrogens is 2. The van der Waals surface area contributed by atoms with Crippen molar-refractivity contribution in [3.8, 4) is 11.5 Å². The molecule has 0 aliphatic carbocycles. The van der Waals surface area contributed by atoms with E-state index in [0.717, 1.165) is 28.9 Å². The van der Waals surface area contributed by atoms with Gasteiger partial charge in [0.2, 0.25) is 0 Å². The van der Waals surface area contributed by atoms with Gasteiger partial charge >= 0.3 is 0 Å². The van der Waals surface area contributed by atoms with Gasteiger partial charge in [-0.15, -0.1) is 0 Å². The van der Waals surface area contributed by atoms with Gasteiger partial charge < -0.3 is 10.1 Å². The van der Waals surface area contributed by atoms with Gasteiger partial charge in [0.15, 0.2) is 5.75 Å². The largest absolute Gasteiger partial charge is 0.453 e. The molecule has 0 saturated carbocycles. The van der Waals surface area contributed by atoms with Crippen LogP contribution in [0.15, 0.2) is 35.1 Å². The highest BCUT2D eigenvalue weighted by atomic mass is 79.9. The van der Waals surface area contributed by atoms with E-state index in [0.29, 0.717) is 6.04 Å². The molecule has 5 heteroatoms. The molecule has 0 bridgehead atoms. The molecule has 0 fully saturated rings. The fourth-order valence-electron chi connectivity index (χ4n) is 1.93. The number of hydrogen-bond donors (Lipinski definition) is 1. The van der Waals surface area contributed by atoms with Crippen molar-refractivity contribution >= 4 is 15.9 Å². The van der Waals surface area contributed by atoms with Crippen molar-refractivity contribution in [1.29, 1.82) is 0 Å². The highest BCUT2D eigenvalue weighted by Crippen LogP contribution is 2.31. The summed E-state index contributed by atoms with van der Waals surface area (Å²) in [4.78, 5) is 0. The molecule has 0 amide bonds. The highest BCUT2D eigenvalue weighted by molar-refractivity contribution is 9.10. The van der Waals surface area contributed by atoms with E-state index in [1.807, 2.05) is 19.3 Å². The van der Waals surface area contributed by atoms with Gasteiger partial charge in [-0.1, -0.05) is 13.0 Å². The Labute approximate surface area is 128 Å². The summed E-state index contributed by atoms with van der Waals surface area (Å²) >= 11 is 3.57. The van der Waals surface area contributed by atoms with Gasteiger partial charge in [-0.3, -0.25) is 4.68 Å². The molecule has 1 aromatic carbocycles. The minimum Gasteiger partial charge on any atom is -0.453 e. The molecule has 2 aromatic rings. The molecule has 4 nitrogen and oxygen atoms in total. The van der Waals surface area contributed by atoms with Crippen LogP contribution in [0.25, 0.3) is 0 Å². The van der Waals surface area contributed by atoms with Crippen LogP contribution in [-0.4, -0.2) is 16.3 Å². The fourth-order valence-corrected chi connectivity index (χ4v) is 2.40. The van der Waals surface area contributed by atoms with Gasteiger partial charge in [0.05, 0.1) is 16.9 Å². The first-order chi connectivity index (χ1) is 9.60. The summed E-state index contributed by atoms with van der Waals surface area (Å²) in [7, 11) is 1.87. The monoisotopic (exact) mass is 337 g/mol. The molecular formula is C15H20BrN3O. The lowest BCUT2D eigenvalue weighted by Crippen LogP contribution is -2.19. The molecule has 20 heavy (non-hydrogen) atoms. The van der Waals surface area contributed by atoms with Gasteiger partial charge in [0, 0.05) is 13.1 Å². The molecule has 1 heterocycles. The van der Waals surface area contributed by atoms with Gasteiger partial charge in [-0.05, 0) is 53.5 Å². The summed E-state index contributed by atoms with van der Waals surface area (Å²) in [6.45, 7) is 5.35. The van der Waals surface area contributed by atoms with Crippen molar-refractivity contribution in [3.63, 3.8) is 0 Å². The smallest absolute Gasteiger partial charge is 0.165 e. The minimum atomic E-state index is 0.332. The molecule has 0 aliphatic rings. The second-order valence-corrected chi connectivity index (χ2v) is 5.67. The molecule has 1 atom stereocenters. The highest BCUT2D eigenvalue weighted by Gasteiger charge is 2.09. The van der Waals surface area contributed by atoms with E-state index in [-0.39, 0.29) is 0 Å². The molecule has 2 rings (SSSR count). The van der Waals surface area contributed by atoms with Crippen molar-refractivity contribution in [2.24, 2.45) is 7.05 Å². The zero-order valence-corrected chi connectivity index (χ0v) is 13.6. The normalized spacial score (nSPS) is 12.4. The van der Waals surface area contributed by atoms with Crippen LogP contribution in [0.4, 0.5) is 0 Å². The van der Waals surface area contributed by atoms with Crippen molar-refractivity contribution in [1.82, 2.24) is 15.1 Å². The maximum atomic E-state index is 5.80. The van der Waals surface area contributed by atoms with Crippen molar-refractivity contribution in [2.45, 2.75) is 26.3 Å². The third kappa shape index (κ3) is 3.84. The van der Waals surface area contributed by atoms with E-state index in [1.165, 1.54) is 5.56 Å². The zero-order valence-electron chi connectivity index (χ0n) is 12.1. The van der Waals surface area contributed by atoms with E-state index in [2.05, 4.69) is 52.3 Å². The summed E-state index contributed by atoms with van der Waals surface area (Å²) < 4.78 is 8.46. The van der Waals surface area contributed by atoms with E-state index in [1.54, 1.807) is 10.9 Å². The second kappa shape index (κ2) is 6.90. The molecule has 0 saturated heterocycles. The van der Waals surface area contributed by atoms with Gasteiger partial charge in [-0.2, -0.15) is 5.10 Å². The zero-order chi connectivity index (χ0) is 14.5. The Kier molecular flexibility index (Phi) is 5.20. The van der Waals surface area contributed by atoms with Crippen LogP contribution in [0.5, 0.6) is 11.5 Å². The summed E-state index contributed by atoms with van der Waals surface area (Å²) in [6, 6.07) is 6.50. The van der Waals surface area contributed by atoms with Crippen LogP contribution in [-0.2, 0) is 7.05 Å². The Bertz CT molecular complexity index is 568. The predicted molar refractivity (Wildman–Crippen MR) is 84.1 cm³/mol. The number of nitrogens with zero attached hydrogens (tertiary/aromatic N) is 2. The SMILES string of the molecule is CCCNC(C)c1ccc(Oc2cnn(C)c2)c(Br)c1. The van der Waals surface area contributed by atoms with Crippen molar-refractivity contribution in [2.75, 3.05) is 6.54 Å². The van der Waals surface area contributed by atoms with Crippen LogP contribution in [0.2, 0.25) is 0 Å². The van der Waals surface area contributed by atoms with E-state index < -0.39 is 0 Å². The van der Waals surface area contributed by atoms with Gasteiger partial charge in [-0.25, -0.2) is 0 Å². The van der Waals surface area contributed by atoms with Crippen LogP contribution >= 0.6 is 15.9 Å². The summed E-state index contributed by atoms with van der Waals surface area (Å²) in [6.07, 6.45) is 4.67. The predicted octanol–water partition coefficient (Wildman–Crippen LogP) is 4.04. The Morgan fingerprint density at radius 3 is 2.85 bits per heavy atom. The van der Waals surface area contributed by atoms with Gasteiger partial charge in [0.1, 0.15) is 5.75 Å². The number of hydrogen-bond acceptors (Lipinski definition) is 3. The topological polar surface area (TPSA) is 39.1 Å². The Hall–Kier alpha value is -1.33. The first-order valence-electron chi connectivity index (χ1n) is 6.79. The van der Waals surface area contributed by atoms with Crippen molar-refractivity contribution < 1.29 is 4.74 Å². The Balaban J connectivity index is 2.09. The molecular weight excluding hydrogens is 318 g/mol. The lowest BCUT2D eigenvalue weighted by molar-refractivity contribution is 0.478. The maximum absolute atomic E-state index is 5.80. The molecule has 0 aliphatic heterocycles. The first-order valence-corrected chi connectivity index (χ1v) is 7.58. The minimum absolute atomic E-state index is 0.332. The maximum Gasteiger partial charge on any atom is 0.165 e. The van der Waals surface area contributed by atoms with E-state index >= 15 is 0 Å². The fraction of sp³-hybridized carbons (Fsp3) is 0.400. The summed E-state index contributed by atoms with van der Waals surface area (Å²) in [5.74, 6) is 1.53. The molecule has 0 spiro atoms. The number of rotatable bonds is 6. The summed E-state index contributed by atoms with van der Waals surface area (Å²) in [5.41, 5.74) is 1.24. The average molecular weight is 338 g/mol. The number of nitrogens with one attached hydrogen (secondary N) is 1.